The maximum Gasteiger partial charge on any atom is 0.323 e. The summed E-state index contributed by atoms with van der Waals surface area (Å²) in [4.78, 5) is 11.5. The monoisotopic (exact) mass is 333 g/mol. The molecule has 0 fully saturated rings. The molecule has 1 aliphatic rings. The number of fused-ring (bicyclic) bond motifs is 3. The van der Waals surface area contributed by atoms with Crippen molar-refractivity contribution in [3.63, 3.8) is 0 Å². The number of carbonyl (C=O) groups is 1. The van der Waals surface area contributed by atoms with E-state index >= 15 is 0 Å². The maximum atomic E-state index is 11.5. The molecule has 1 heterocycles. The Morgan fingerprint density at radius 2 is 1.88 bits per heavy atom. The van der Waals surface area contributed by atoms with Gasteiger partial charge in [-0.3, -0.25) is 4.79 Å². The Kier molecular flexibility index (Phi) is 4.08. The number of carboxylic acid groups (broad SMARTS) is 1. The predicted octanol–water partition coefficient (Wildman–Crippen LogP) is 4.95. The van der Waals surface area contributed by atoms with Gasteiger partial charge in [0.25, 0.3) is 0 Å². The van der Waals surface area contributed by atoms with Crippen LogP contribution in [0.1, 0.15) is 48.4 Å². The van der Waals surface area contributed by atoms with Gasteiger partial charge >= 0.3 is 5.97 Å². The van der Waals surface area contributed by atoms with Gasteiger partial charge in [-0.1, -0.05) is 55.5 Å². The van der Waals surface area contributed by atoms with Crippen molar-refractivity contribution in [2.45, 2.75) is 44.6 Å². The lowest BCUT2D eigenvalue weighted by Crippen LogP contribution is -2.21. The van der Waals surface area contributed by atoms with Gasteiger partial charge in [0, 0.05) is 22.5 Å². The quantitative estimate of drug-likeness (QED) is 0.734. The van der Waals surface area contributed by atoms with Crippen molar-refractivity contribution in [2.75, 3.05) is 0 Å². The molecule has 128 valence electrons. The molecule has 3 nitrogen and oxygen atoms in total. The van der Waals surface area contributed by atoms with Gasteiger partial charge in [0.2, 0.25) is 0 Å². The van der Waals surface area contributed by atoms with Gasteiger partial charge < -0.3 is 9.67 Å². The van der Waals surface area contributed by atoms with Crippen LogP contribution in [0.4, 0.5) is 0 Å². The fraction of sp³-hybridized carbons (Fsp3) is 0.318. The summed E-state index contributed by atoms with van der Waals surface area (Å²) in [6.07, 6.45) is 3.31. The number of aryl methyl sites for hydroxylation is 1. The highest BCUT2D eigenvalue weighted by atomic mass is 16.4. The molecule has 0 spiro atoms. The first-order valence-corrected chi connectivity index (χ1v) is 9.03. The summed E-state index contributed by atoms with van der Waals surface area (Å²) in [5.41, 5.74) is 4.98. The molecule has 1 aromatic heterocycles. The van der Waals surface area contributed by atoms with Crippen LogP contribution < -0.4 is 0 Å². The van der Waals surface area contributed by atoms with Crippen molar-refractivity contribution in [2.24, 2.45) is 0 Å². The van der Waals surface area contributed by atoms with E-state index in [0.29, 0.717) is 11.8 Å². The molecule has 2 aromatic carbocycles. The largest absolute Gasteiger partial charge is 0.480 e. The third-order valence-electron chi connectivity index (χ3n) is 5.64. The number of nitrogens with zero attached hydrogens (tertiary/aromatic N) is 1. The molecule has 3 aromatic rings. The van der Waals surface area contributed by atoms with Gasteiger partial charge in [-0.2, -0.15) is 0 Å². The third kappa shape index (κ3) is 2.74. The molecule has 25 heavy (non-hydrogen) atoms. The second kappa shape index (κ2) is 6.40. The van der Waals surface area contributed by atoms with E-state index in [-0.39, 0.29) is 6.54 Å². The van der Waals surface area contributed by atoms with Gasteiger partial charge in [-0.05, 0) is 42.4 Å². The van der Waals surface area contributed by atoms with E-state index in [9.17, 15) is 9.90 Å². The first kappa shape index (κ1) is 15.9. The summed E-state index contributed by atoms with van der Waals surface area (Å²) in [7, 11) is 0. The van der Waals surface area contributed by atoms with Crippen molar-refractivity contribution in [3.8, 4) is 0 Å². The standard InChI is InChI=1S/C22H23NO2/c1-15(16-8-3-2-4-9-16)17-11-7-12-19-18-10-5-6-13-20(18)23(22(17)19)14-21(24)25/h2-6,8-10,13,15,17H,7,11-12,14H2,1H3,(H,24,25)/t15?,17-/m1/s1. The van der Waals surface area contributed by atoms with Crippen LogP contribution in [0.5, 0.6) is 0 Å². The van der Waals surface area contributed by atoms with Gasteiger partial charge in [0.1, 0.15) is 6.54 Å². The Morgan fingerprint density at radius 1 is 1.16 bits per heavy atom. The van der Waals surface area contributed by atoms with Crippen molar-refractivity contribution >= 4 is 16.9 Å². The molecule has 0 radical (unpaired) electrons. The Bertz CT molecular complexity index is 910. The summed E-state index contributed by atoms with van der Waals surface area (Å²) in [6.45, 7) is 2.31. The van der Waals surface area contributed by atoms with Crippen LogP contribution in [0.25, 0.3) is 10.9 Å². The number of carboxylic acids is 1. The molecule has 0 amide bonds. The predicted molar refractivity (Wildman–Crippen MR) is 100 cm³/mol. The molecule has 1 aliphatic carbocycles. The lowest BCUT2D eigenvalue weighted by molar-refractivity contribution is -0.137. The summed E-state index contributed by atoms with van der Waals surface area (Å²) >= 11 is 0. The van der Waals surface area contributed by atoms with Crippen molar-refractivity contribution in [1.29, 1.82) is 0 Å². The number of hydrogen-bond acceptors (Lipinski definition) is 1. The zero-order valence-corrected chi connectivity index (χ0v) is 14.5. The molecule has 0 saturated carbocycles. The molecule has 0 saturated heterocycles. The second-order valence-electron chi connectivity index (χ2n) is 7.06. The molecule has 4 rings (SSSR count). The number of aromatic nitrogens is 1. The summed E-state index contributed by atoms with van der Waals surface area (Å²) in [5.74, 6) is -0.0461. The second-order valence-corrected chi connectivity index (χ2v) is 7.06. The maximum absolute atomic E-state index is 11.5. The minimum atomic E-state index is -0.778. The minimum Gasteiger partial charge on any atom is -0.480 e. The van der Waals surface area contributed by atoms with Crippen LogP contribution in [0.2, 0.25) is 0 Å². The molecule has 0 aliphatic heterocycles. The Hall–Kier alpha value is -2.55. The van der Waals surface area contributed by atoms with Crippen molar-refractivity contribution in [1.82, 2.24) is 4.57 Å². The summed E-state index contributed by atoms with van der Waals surface area (Å²) < 4.78 is 2.05. The van der Waals surface area contributed by atoms with E-state index in [1.807, 2.05) is 12.1 Å². The van der Waals surface area contributed by atoms with Crippen LogP contribution in [0, 0.1) is 0 Å². The highest BCUT2D eigenvalue weighted by molar-refractivity contribution is 5.87. The highest BCUT2D eigenvalue weighted by Gasteiger charge is 2.32. The average molecular weight is 333 g/mol. The van der Waals surface area contributed by atoms with E-state index < -0.39 is 5.97 Å². The summed E-state index contributed by atoms with van der Waals surface area (Å²) in [6, 6.07) is 18.8. The lowest BCUT2D eigenvalue weighted by Gasteiger charge is -2.30. The number of rotatable bonds is 4. The van der Waals surface area contributed by atoms with Crippen LogP contribution in [-0.4, -0.2) is 15.6 Å². The molecule has 1 N–H and O–H groups in total. The Morgan fingerprint density at radius 3 is 2.64 bits per heavy atom. The van der Waals surface area contributed by atoms with Gasteiger partial charge in [0.15, 0.2) is 0 Å². The Balaban J connectivity index is 1.89. The average Bonchev–Trinajstić information content (AvgIpc) is 2.96. The molecule has 2 atom stereocenters. The first-order chi connectivity index (χ1) is 12.2. The van der Waals surface area contributed by atoms with E-state index in [0.717, 1.165) is 24.8 Å². The number of hydrogen-bond donors (Lipinski definition) is 1. The van der Waals surface area contributed by atoms with Gasteiger partial charge in [-0.15, -0.1) is 0 Å². The third-order valence-corrected chi connectivity index (χ3v) is 5.64. The molecular formula is C22H23NO2. The fourth-order valence-electron chi connectivity index (χ4n) is 4.50. The van der Waals surface area contributed by atoms with Crippen LogP contribution in [0.15, 0.2) is 54.6 Å². The normalized spacial score (nSPS) is 18.0. The SMILES string of the molecule is CC(c1ccccc1)[C@H]1CCCc2c1n(CC(=O)O)c1ccccc21. The van der Waals surface area contributed by atoms with Crippen molar-refractivity contribution < 1.29 is 9.90 Å². The fourth-order valence-corrected chi connectivity index (χ4v) is 4.50. The lowest BCUT2D eigenvalue weighted by atomic mass is 9.76. The van der Waals surface area contributed by atoms with Crippen molar-refractivity contribution in [3.05, 3.63) is 71.4 Å². The van der Waals surface area contributed by atoms with Crippen LogP contribution in [-0.2, 0) is 17.8 Å². The van der Waals surface area contributed by atoms with E-state index in [4.69, 9.17) is 0 Å². The summed E-state index contributed by atoms with van der Waals surface area (Å²) in [5, 5.41) is 10.7. The first-order valence-electron chi connectivity index (χ1n) is 9.03. The number of benzene rings is 2. The van der Waals surface area contributed by atoms with Gasteiger partial charge in [-0.25, -0.2) is 0 Å². The molecule has 1 unspecified atom stereocenters. The molecule has 0 bridgehead atoms. The smallest absolute Gasteiger partial charge is 0.323 e. The topological polar surface area (TPSA) is 42.2 Å². The number of para-hydroxylation sites is 1. The highest BCUT2D eigenvalue weighted by Crippen LogP contribution is 2.45. The van der Waals surface area contributed by atoms with Crippen LogP contribution >= 0.6 is 0 Å². The van der Waals surface area contributed by atoms with E-state index in [1.165, 1.54) is 22.2 Å². The zero-order valence-electron chi connectivity index (χ0n) is 14.5. The molecular weight excluding hydrogens is 310 g/mol. The van der Waals surface area contributed by atoms with E-state index in [2.05, 4.69) is 54.0 Å². The molecule has 3 heteroatoms. The number of aliphatic carboxylic acids is 1. The van der Waals surface area contributed by atoms with Crippen LogP contribution in [0.3, 0.4) is 0 Å². The Labute approximate surface area is 147 Å². The zero-order chi connectivity index (χ0) is 17.4. The minimum absolute atomic E-state index is 0.0356. The van der Waals surface area contributed by atoms with Gasteiger partial charge in [0.05, 0.1) is 0 Å². The van der Waals surface area contributed by atoms with E-state index in [1.54, 1.807) is 0 Å².